The number of hydrogen-bond donors (Lipinski definition) is 2. The number of rotatable bonds is 4. The van der Waals surface area contributed by atoms with Crippen LogP contribution in [0.5, 0.6) is 0 Å². The Bertz CT molecular complexity index is 467. The fourth-order valence-corrected chi connectivity index (χ4v) is 2.73. The quantitative estimate of drug-likeness (QED) is 0.898. The number of benzene rings is 1. The molecule has 20 heavy (non-hydrogen) atoms. The van der Waals surface area contributed by atoms with Gasteiger partial charge in [0, 0.05) is 12.5 Å². The van der Waals surface area contributed by atoms with E-state index in [9.17, 15) is 9.18 Å². The maximum atomic E-state index is 13.4. The van der Waals surface area contributed by atoms with E-state index >= 15 is 0 Å². The lowest BCUT2D eigenvalue weighted by molar-refractivity contribution is -0.126. The fourth-order valence-electron chi connectivity index (χ4n) is 2.73. The molecule has 1 aromatic carbocycles. The van der Waals surface area contributed by atoms with Gasteiger partial charge in [0.25, 0.3) is 0 Å². The molecule has 1 aliphatic rings. The highest BCUT2D eigenvalue weighted by Gasteiger charge is 2.31. The number of carbonyl (C=O) groups is 1. The van der Waals surface area contributed by atoms with Crippen molar-refractivity contribution in [1.82, 2.24) is 5.32 Å². The van der Waals surface area contributed by atoms with E-state index in [0.717, 1.165) is 24.8 Å². The lowest BCUT2D eigenvalue weighted by Gasteiger charge is -2.17. The van der Waals surface area contributed by atoms with Crippen molar-refractivity contribution in [1.29, 1.82) is 0 Å². The first-order chi connectivity index (χ1) is 9.11. The summed E-state index contributed by atoms with van der Waals surface area (Å²) in [5, 5.41) is 2.89. The second-order valence-corrected chi connectivity index (χ2v) is 5.33. The van der Waals surface area contributed by atoms with Gasteiger partial charge < -0.3 is 11.1 Å². The summed E-state index contributed by atoms with van der Waals surface area (Å²) in [4.78, 5) is 12.1. The van der Waals surface area contributed by atoms with Gasteiger partial charge in [0.2, 0.25) is 5.91 Å². The molecule has 1 aliphatic carbocycles. The standard InChI is InChI=1S/C15H21FN2O.ClH/c1-10-5-6-11(7-14(10)16)9-18-15(19)13-4-2-3-12(13)8-17;/h5-7,12-13H,2-4,8-9,17H2,1H3,(H,18,19);1H/t12-,13-;/m1./s1. The molecular weight excluding hydrogens is 279 g/mol. The van der Waals surface area contributed by atoms with Gasteiger partial charge in [-0.2, -0.15) is 0 Å². The fraction of sp³-hybridized carbons (Fsp3) is 0.533. The van der Waals surface area contributed by atoms with Crippen molar-refractivity contribution < 1.29 is 9.18 Å². The molecule has 0 aromatic heterocycles. The second kappa shape index (κ2) is 7.60. The van der Waals surface area contributed by atoms with Crippen LogP contribution in [-0.2, 0) is 11.3 Å². The molecule has 0 spiro atoms. The van der Waals surface area contributed by atoms with Gasteiger partial charge in [0.15, 0.2) is 0 Å². The molecular formula is C15H22ClFN2O. The molecule has 1 fully saturated rings. The van der Waals surface area contributed by atoms with E-state index in [2.05, 4.69) is 5.32 Å². The van der Waals surface area contributed by atoms with Crippen LogP contribution in [0.4, 0.5) is 4.39 Å². The highest BCUT2D eigenvalue weighted by molar-refractivity contribution is 5.85. The normalized spacial score (nSPS) is 21.4. The lowest BCUT2D eigenvalue weighted by Crippen LogP contribution is -2.34. The van der Waals surface area contributed by atoms with Crippen molar-refractivity contribution in [2.24, 2.45) is 17.6 Å². The number of amides is 1. The largest absolute Gasteiger partial charge is 0.352 e. The zero-order valence-corrected chi connectivity index (χ0v) is 12.5. The van der Waals surface area contributed by atoms with Gasteiger partial charge in [-0.3, -0.25) is 4.79 Å². The molecule has 1 aromatic rings. The average molecular weight is 301 g/mol. The van der Waals surface area contributed by atoms with Gasteiger partial charge in [0.05, 0.1) is 0 Å². The second-order valence-electron chi connectivity index (χ2n) is 5.33. The zero-order valence-electron chi connectivity index (χ0n) is 11.7. The van der Waals surface area contributed by atoms with Crippen molar-refractivity contribution >= 4 is 18.3 Å². The molecule has 2 rings (SSSR count). The lowest BCUT2D eigenvalue weighted by atomic mass is 9.95. The zero-order chi connectivity index (χ0) is 13.8. The number of nitrogens with one attached hydrogen (secondary N) is 1. The van der Waals surface area contributed by atoms with E-state index in [-0.39, 0.29) is 30.0 Å². The van der Waals surface area contributed by atoms with Crippen LogP contribution < -0.4 is 11.1 Å². The van der Waals surface area contributed by atoms with Gasteiger partial charge in [-0.25, -0.2) is 4.39 Å². The maximum absolute atomic E-state index is 13.4. The molecule has 2 atom stereocenters. The molecule has 1 saturated carbocycles. The third-order valence-corrected chi connectivity index (χ3v) is 4.00. The third-order valence-electron chi connectivity index (χ3n) is 4.00. The van der Waals surface area contributed by atoms with Crippen LogP contribution in [0.1, 0.15) is 30.4 Å². The predicted octanol–water partition coefficient (Wildman–Crippen LogP) is 2.55. The summed E-state index contributed by atoms with van der Waals surface area (Å²) in [6, 6.07) is 5.05. The van der Waals surface area contributed by atoms with E-state index in [1.165, 1.54) is 6.07 Å². The predicted molar refractivity (Wildman–Crippen MR) is 80.1 cm³/mol. The van der Waals surface area contributed by atoms with Crippen molar-refractivity contribution in [2.75, 3.05) is 6.54 Å². The summed E-state index contributed by atoms with van der Waals surface area (Å²) < 4.78 is 13.4. The SMILES string of the molecule is Cc1ccc(CNC(=O)[C@@H]2CCC[C@@H]2CN)cc1F.Cl. The molecule has 112 valence electrons. The molecule has 0 radical (unpaired) electrons. The number of carbonyl (C=O) groups excluding carboxylic acids is 1. The summed E-state index contributed by atoms with van der Waals surface area (Å²) in [5.41, 5.74) is 7.09. The highest BCUT2D eigenvalue weighted by atomic mass is 35.5. The molecule has 0 heterocycles. The van der Waals surface area contributed by atoms with E-state index in [0.29, 0.717) is 24.6 Å². The number of aryl methyl sites for hydroxylation is 1. The van der Waals surface area contributed by atoms with Gasteiger partial charge in [-0.1, -0.05) is 18.6 Å². The van der Waals surface area contributed by atoms with Crippen molar-refractivity contribution in [2.45, 2.75) is 32.7 Å². The maximum Gasteiger partial charge on any atom is 0.223 e. The Balaban J connectivity index is 0.00000200. The van der Waals surface area contributed by atoms with E-state index < -0.39 is 0 Å². The first-order valence-corrected chi connectivity index (χ1v) is 6.84. The number of nitrogens with two attached hydrogens (primary N) is 1. The third kappa shape index (κ3) is 3.93. The molecule has 3 N–H and O–H groups in total. The van der Waals surface area contributed by atoms with Gasteiger partial charge in [-0.15, -0.1) is 12.4 Å². The summed E-state index contributed by atoms with van der Waals surface area (Å²) >= 11 is 0. The van der Waals surface area contributed by atoms with Crippen LogP contribution in [0.2, 0.25) is 0 Å². The minimum Gasteiger partial charge on any atom is -0.352 e. The molecule has 0 aliphatic heterocycles. The summed E-state index contributed by atoms with van der Waals surface area (Å²) in [5.74, 6) is 0.149. The highest BCUT2D eigenvalue weighted by Crippen LogP contribution is 2.30. The summed E-state index contributed by atoms with van der Waals surface area (Å²) in [7, 11) is 0. The van der Waals surface area contributed by atoms with E-state index in [1.54, 1.807) is 13.0 Å². The van der Waals surface area contributed by atoms with Gasteiger partial charge in [-0.05, 0) is 49.4 Å². The Morgan fingerprint density at radius 1 is 1.45 bits per heavy atom. The average Bonchev–Trinajstić information content (AvgIpc) is 2.88. The van der Waals surface area contributed by atoms with Crippen LogP contribution in [0.15, 0.2) is 18.2 Å². The van der Waals surface area contributed by atoms with Crippen molar-refractivity contribution in [3.8, 4) is 0 Å². The first kappa shape index (κ1) is 16.9. The smallest absolute Gasteiger partial charge is 0.223 e. The molecule has 5 heteroatoms. The first-order valence-electron chi connectivity index (χ1n) is 6.84. The topological polar surface area (TPSA) is 55.1 Å². The Morgan fingerprint density at radius 2 is 2.20 bits per heavy atom. The Hall–Kier alpha value is -1.13. The minimum absolute atomic E-state index is 0. The molecule has 1 amide bonds. The Labute approximate surface area is 125 Å². The van der Waals surface area contributed by atoms with Crippen LogP contribution >= 0.6 is 12.4 Å². The minimum atomic E-state index is -0.229. The molecule has 0 saturated heterocycles. The molecule has 0 bridgehead atoms. The van der Waals surface area contributed by atoms with Crippen molar-refractivity contribution in [3.63, 3.8) is 0 Å². The van der Waals surface area contributed by atoms with Gasteiger partial charge in [0.1, 0.15) is 5.82 Å². The van der Waals surface area contributed by atoms with E-state index in [1.807, 2.05) is 6.07 Å². The number of halogens is 2. The Morgan fingerprint density at radius 3 is 2.85 bits per heavy atom. The summed E-state index contributed by atoms with van der Waals surface area (Å²) in [6.07, 6.45) is 3.02. The van der Waals surface area contributed by atoms with Gasteiger partial charge >= 0.3 is 0 Å². The monoisotopic (exact) mass is 300 g/mol. The molecule has 3 nitrogen and oxygen atoms in total. The van der Waals surface area contributed by atoms with E-state index in [4.69, 9.17) is 5.73 Å². The molecule has 0 unspecified atom stereocenters. The van der Waals surface area contributed by atoms with Crippen LogP contribution in [-0.4, -0.2) is 12.5 Å². The Kier molecular flexibility index (Phi) is 6.43. The van der Waals surface area contributed by atoms with Crippen LogP contribution in [0.25, 0.3) is 0 Å². The summed E-state index contributed by atoms with van der Waals surface area (Å²) in [6.45, 7) is 2.67. The number of hydrogen-bond acceptors (Lipinski definition) is 2. The van der Waals surface area contributed by atoms with Crippen molar-refractivity contribution in [3.05, 3.63) is 35.1 Å². The van der Waals surface area contributed by atoms with Crippen LogP contribution in [0.3, 0.4) is 0 Å². The van der Waals surface area contributed by atoms with Crippen LogP contribution in [0, 0.1) is 24.6 Å².